The van der Waals surface area contributed by atoms with Crippen LogP contribution in [0.3, 0.4) is 0 Å². The largest absolute Gasteiger partial charge is 0.493 e. The molecule has 0 spiro atoms. The number of benzene rings is 1. The molecule has 120 valence electrons. The average molecular weight is 293 g/mol. The normalized spacial score (nSPS) is 11.2. The van der Waals surface area contributed by atoms with Crippen LogP contribution in [0.5, 0.6) is 11.5 Å². The summed E-state index contributed by atoms with van der Waals surface area (Å²) < 4.78 is 11.4. The first-order valence-corrected chi connectivity index (χ1v) is 8.04. The van der Waals surface area contributed by atoms with Gasteiger partial charge in [-0.2, -0.15) is 0 Å². The van der Waals surface area contributed by atoms with Gasteiger partial charge in [0.25, 0.3) is 0 Å². The summed E-state index contributed by atoms with van der Waals surface area (Å²) in [5, 5.41) is 3.47. The Kier molecular flexibility index (Phi) is 8.21. The van der Waals surface area contributed by atoms with E-state index in [4.69, 9.17) is 9.47 Å². The van der Waals surface area contributed by atoms with Crippen molar-refractivity contribution in [2.45, 2.75) is 47.1 Å². The third-order valence-corrected chi connectivity index (χ3v) is 3.32. The fourth-order valence-electron chi connectivity index (χ4n) is 2.19. The molecule has 0 aliphatic carbocycles. The van der Waals surface area contributed by atoms with Crippen LogP contribution in [0.1, 0.15) is 46.1 Å². The minimum Gasteiger partial charge on any atom is -0.493 e. The van der Waals surface area contributed by atoms with Crippen LogP contribution in [0.25, 0.3) is 0 Å². The van der Waals surface area contributed by atoms with Crippen molar-refractivity contribution in [1.29, 1.82) is 0 Å². The molecule has 0 aliphatic rings. The summed E-state index contributed by atoms with van der Waals surface area (Å²) in [5.74, 6) is 3.08. The number of hydrogen-bond acceptors (Lipinski definition) is 3. The molecule has 0 aliphatic heterocycles. The predicted molar refractivity (Wildman–Crippen MR) is 89.1 cm³/mol. The van der Waals surface area contributed by atoms with E-state index in [1.807, 2.05) is 12.1 Å². The number of ether oxygens (including phenoxy) is 2. The van der Waals surface area contributed by atoms with E-state index < -0.39 is 0 Å². The van der Waals surface area contributed by atoms with Crippen LogP contribution in [-0.4, -0.2) is 20.3 Å². The van der Waals surface area contributed by atoms with E-state index in [1.165, 1.54) is 12.0 Å². The highest BCUT2D eigenvalue weighted by molar-refractivity contribution is 5.46. The second-order valence-corrected chi connectivity index (χ2v) is 6.36. The minimum atomic E-state index is 0.644. The zero-order valence-electron chi connectivity index (χ0n) is 14.2. The lowest BCUT2D eigenvalue weighted by molar-refractivity contribution is 0.276. The highest BCUT2D eigenvalue weighted by Crippen LogP contribution is 2.31. The molecule has 0 heterocycles. The third-order valence-electron chi connectivity index (χ3n) is 3.32. The number of rotatable bonds is 10. The molecule has 3 heteroatoms. The molecule has 3 nitrogen and oxygen atoms in total. The van der Waals surface area contributed by atoms with Gasteiger partial charge < -0.3 is 14.8 Å². The Labute approximate surface area is 130 Å². The van der Waals surface area contributed by atoms with Crippen molar-refractivity contribution in [2.75, 3.05) is 20.3 Å². The minimum absolute atomic E-state index is 0.644. The van der Waals surface area contributed by atoms with Crippen molar-refractivity contribution in [3.8, 4) is 11.5 Å². The number of methoxy groups -OCH3 is 1. The molecule has 0 saturated carbocycles. The van der Waals surface area contributed by atoms with Crippen molar-refractivity contribution >= 4 is 0 Å². The van der Waals surface area contributed by atoms with Crippen molar-refractivity contribution < 1.29 is 9.47 Å². The smallest absolute Gasteiger partial charge is 0.165 e. The molecule has 0 fully saturated rings. The number of nitrogens with one attached hydrogen (secondary N) is 1. The Bertz CT molecular complexity index is 402. The first kappa shape index (κ1) is 17.8. The third kappa shape index (κ3) is 6.85. The van der Waals surface area contributed by atoms with Gasteiger partial charge in [0.05, 0.1) is 13.7 Å². The van der Waals surface area contributed by atoms with Crippen LogP contribution >= 0.6 is 0 Å². The molecule has 0 saturated heterocycles. The van der Waals surface area contributed by atoms with E-state index in [0.717, 1.165) is 43.5 Å². The van der Waals surface area contributed by atoms with Crippen LogP contribution in [0, 0.1) is 11.8 Å². The molecule has 1 N–H and O–H groups in total. The van der Waals surface area contributed by atoms with E-state index >= 15 is 0 Å². The van der Waals surface area contributed by atoms with Gasteiger partial charge in [-0.3, -0.25) is 0 Å². The SMILES string of the molecule is COc1cccc(CNCC(C)C)c1OCCCC(C)C. The summed E-state index contributed by atoms with van der Waals surface area (Å²) in [5.41, 5.74) is 1.17. The van der Waals surface area contributed by atoms with Crippen LogP contribution in [-0.2, 0) is 6.54 Å². The molecular formula is C18H31NO2. The molecule has 1 aromatic rings. The standard InChI is InChI=1S/C18H31NO2/c1-14(2)8-7-11-21-18-16(13-19-12-15(3)4)9-6-10-17(18)20-5/h6,9-10,14-15,19H,7-8,11-13H2,1-5H3. The van der Waals surface area contributed by atoms with E-state index in [9.17, 15) is 0 Å². The molecule has 1 rings (SSSR count). The van der Waals surface area contributed by atoms with Gasteiger partial charge in [-0.25, -0.2) is 0 Å². The molecule has 0 atom stereocenters. The van der Waals surface area contributed by atoms with Crippen LogP contribution in [0.2, 0.25) is 0 Å². The lowest BCUT2D eigenvalue weighted by Crippen LogP contribution is -2.19. The van der Waals surface area contributed by atoms with E-state index in [0.29, 0.717) is 5.92 Å². The van der Waals surface area contributed by atoms with Gasteiger partial charge in [0.15, 0.2) is 11.5 Å². The molecule has 0 amide bonds. The Morgan fingerprint density at radius 1 is 1.10 bits per heavy atom. The quantitative estimate of drug-likeness (QED) is 0.654. The van der Waals surface area contributed by atoms with Crippen molar-refractivity contribution in [2.24, 2.45) is 11.8 Å². The van der Waals surface area contributed by atoms with Crippen molar-refractivity contribution in [1.82, 2.24) is 5.32 Å². The summed E-state index contributed by atoms with van der Waals surface area (Å²) in [6, 6.07) is 6.09. The lowest BCUT2D eigenvalue weighted by atomic mass is 10.1. The second-order valence-electron chi connectivity index (χ2n) is 6.36. The molecule has 0 bridgehead atoms. The van der Waals surface area contributed by atoms with Gasteiger partial charge >= 0.3 is 0 Å². The molecular weight excluding hydrogens is 262 g/mol. The number of para-hydroxylation sites is 1. The lowest BCUT2D eigenvalue weighted by Gasteiger charge is -2.16. The maximum atomic E-state index is 6.00. The first-order valence-electron chi connectivity index (χ1n) is 8.04. The highest BCUT2D eigenvalue weighted by atomic mass is 16.5. The van der Waals surface area contributed by atoms with Gasteiger partial charge in [0, 0.05) is 12.1 Å². The maximum Gasteiger partial charge on any atom is 0.165 e. The molecule has 0 unspecified atom stereocenters. The van der Waals surface area contributed by atoms with Crippen molar-refractivity contribution in [3.05, 3.63) is 23.8 Å². The maximum absolute atomic E-state index is 6.00. The van der Waals surface area contributed by atoms with Gasteiger partial charge in [-0.1, -0.05) is 39.8 Å². The first-order chi connectivity index (χ1) is 10.0. The summed E-state index contributed by atoms with van der Waals surface area (Å²) in [4.78, 5) is 0. The Morgan fingerprint density at radius 2 is 1.86 bits per heavy atom. The molecule has 21 heavy (non-hydrogen) atoms. The van der Waals surface area contributed by atoms with E-state index in [2.05, 4.69) is 39.1 Å². The zero-order valence-corrected chi connectivity index (χ0v) is 14.2. The van der Waals surface area contributed by atoms with Gasteiger partial charge in [0.1, 0.15) is 0 Å². The summed E-state index contributed by atoms with van der Waals surface area (Å²) in [6.45, 7) is 11.5. The molecule has 0 aromatic heterocycles. The van der Waals surface area contributed by atoms with Crippen molar-refractivity contribution in [3.63, 3.8) is 0 Å². The van der Waals surface area contributed by atoms with Crippen LogP contribution in [0.4, 0.5) is 0 Å². The van der Waals surface area contributed by atoms with E-state index in [-0.39, 0.29) is 0 Å². The predicted octanol–water partition coefficient (Wildman–Crippen LogP) is 4.26. The van der Waals surface area contributed by atoms with Crippen LogP contribution < -0.4 is 14.8 Å². The second kappa shape index (κ2) is 9.67. The average Bonchev–Trinajstić information content (AvgIpc) is 2.43. The van der Waals surface area contributed by atoms with Gasteiger partial charge in [-0.05, 0) is 37.3 Å². The number of hydrogen-bond donors (Lipinski definition) is 1. The summed E-state index contributed by atoms with van der Waals surface area (Å²) in [7, 11) is 1.70. The molecule has 1 aromatic carbocycles. The van der Waals surface area contributed by atoms with Crippen LogP contribution in [0.15, 0.2) is 18.2 Å². The zero-order chi connectivity index (χ0) is 15.7. The highest BCUT2D eigenvalue weighted by Gasteiger charge is 2.10. The molecule has 0 radical (unpaired) electrons. The summed E-state index contributed by atoms with van der Waals surface area (Å²) >= 11 is 0. The Hall–Kier alpha value is -1.22. The fourth-order valence-corrected chi connectivity index (χ4v) is 2.19. The van der Waals surface area contributed by atoms with E-state index in [1.54, 1.807) is 7.11 Å². The topological polar surface area (TPSA) is 30.5 Å². The fraction of sp³-hybridized carbons (Fsp3) is 0.667. The Morgan fingerprint density at radius 3 is 2.48 bits per heavy atom. The Balaban J connectivity index is 2.64. The summed E-state index contributed by atoms with van der Waals surface area (Å²) in [6.07, 6.45) is 2.27. The monoisotopic (exact) mass is 293 g/mol. The van der Waals surface area contributed by atoms with Gasteiger partial charge in [-0.15, -0.1) is 0 Å². The van der Waals surface area contributed by atoms with Gasteiger partial charge in [0.2, 0.25) is 0 Å².